The highest BCUT2D eigenvalue weighted by Gasteiger charge is 2.28. The van der Waals surface area contributed by atoms with E-state index in [1.165, 1.54) is 18.4 Å². The molecule has 0 aliphatic carbocycles. The molecule has 0 unspecified atom stereocenters. The second kappa shape index (κ2) is 8.71. The third-order valence-corrected chi connectivity index (χ3v) is 5.76. The first-order valence-corrected chi connectivity index (χ1v) is 10.4. The standard InChI is InChI=1S/C24H27N3O4/c1-17-6-4-7-19(14-17)26-12-11-25(15-18(26)2)23(28)16-27-20(22-8-5-13-31-22)9-10-21(27)24(29)30-3/h4-10,13-14,18H,11-12,15-16H2,1-3H3/t18-/m1/s1. The average molecular weight is 421 g/mol. The van der Waals surface area contributed by atoms with Crippen LogP contribution in [-0.2, 0) is 16.1 Å². The van der Waals surface area contributed by atoms with Crippen LogP contribution >= 0.6 is 0 Å². The topological polar surface area (TPSA) is 67.9 Å². The Hall–Kier alpha value is -3.48. The Morgan fingerprint density at radius 1 is 1.13 bits per heavy atom. The summed E-state index contributed by atoms with van der Waals surface area (Å²) in [5.74, 6) is 0.0775. The van der Waals surface area contributed by atoms with E-state index in [-0.39, 0.29) is 18.5 Å². The summed E-state index contributed by atoms with van der Waals surface area (Å²) < 4.78 is 12.1. The number of piperazine rings is 1. The molecule has 1 amide bonds. The number of aromatic nitrogens is 1. The molecule has 0 bridgehead atoms. The van der Waals surface area contributed by atoms with E-state index in [0.29, 0.717) is 30.2 Å². The lowest BCUT2D eigenvalue weighted by Crippen LogP contribution is -2.54. The number of ether oxygens (including phenoxy) is 1. The normalized spacial score (nSPS) is 16.4. The number of hydrogen-bond acceptors (Lipinski definition) is 5. The Kier molecular flexibility index (Phi) is 5.84. The first-order chi connectivity index (χ1) is 15.0. The van der Waals surface area contributed by atoms with Gasteiger partial charge in [0.2, 0.25) is 5.91 Å². The second-order valence-electron chi connectivity index (χ2n) is 7.88. The Morgan fingerprint density at radius 3 is 2.65 bits per heavy atom. The summed E-state index contributed by atoms with van der Waals surface area (Å²) >= 11 is 0. The van der Waals surface area contributed by atoms with Crippen molar-refractivity contribution < 1.29 is 18.7 Å². The third-order valence-electron chi connectivity index (χ3n) is 5.76. The maximum atomic E-state index is 13.2. The SMILES string of the molecule is COC(=O)c1ccc(-c2ccco2)n1CC(=O)N1CCN(c2cccc(C)c2)[C@H](C)C1. The van der Waals surface area contributed by atoms with Crippen molar-refractivity contribution in [3.05, 3.63) is 66.1 Å². The molecule has 1 fully saturated rings. The number of carbonyl (C=O) groups excluding carboxylic acids is 2. The zero-order valence-electron chi connectivity index (χ0n) is 18.1. The highest BCUT2D eigenvalue weighted by Crippen LogP contribution is 2.25. The van der Waals surface area contributed by atoms with Gasteiger partial charge in [0.1, 0.15) is 18.0 Å². The number of hydrogen-bond donors (Lipinski definition) is 0. The molecular weight excluding hydrogens is 394 g/mol. The predicted octanol–water partition coefficient (Wildman–Crippen LogP) is 3.58. The lowest BCUT2D eigenvalue weighted by Gasteiger charge is -2.41. The van der Waals surface area contributed by atoms with Crippen LogP contribution in [0.2, 0.25) is 0 Å². The number of furan rings is 1. The van der Waals surface area contributed by atoms with Gasteiger partial charge < -0.3 is 23.5 Å². The summed E-state index contributed by atoms with van der Waals surface area (Å²) in [5, 5.41) is 0. The molecule has 2 aromatic heterocycles. The molecule has 1 aromatic carbocycles. The van der Waals surface area contributed by atoms with E-state index >= 15 is 0 Å². The first-order valence-electron chi connectivity index (χ1n) is 10.4. The molecule has 0 spiro atoms. The maximum Gasteiger partial charge on any atom is 0.354 e. The van der Waals surface area contributed by atoms with Gasteiger partial charge in [0.15, 0.2) is 0 Å². The Morgan fingerprint density at radius 2 is 1.97 bits per heavy atom. The quantitative estimate of drug-likeness (QED) is 0.589. The van der Waals surface area contributed by atoms with Crippen molar-refractivity contribution in [2.24, 2.45) is 0 Å². The van der Waals surface area contributed by atoms with Crippen molar-refractivity contribution >= 4 is 17.6 Å². The smallest absolute Gasteiger partial charge is 0.354 e. The molecule has 3 heterocycles. The van der Waals surface area contributed by atoms with Gasteiger partial charge >= 0.3 is 5.97 Å². The Labute approximate surface area is 181 Å². The second-order valence-corrected chi connectivity index (χ2v) is 7.88. The molecule has 162 valence electrons. The summed E-state index contributed by atoms with van der Waals surface area (Å²) in [6, 6.07) is 15.6. The lowest BCUT2D eigenvalue weighted by molar-refractivity contribution is -0.132. The largest absolute Gasteiger partial charge is 0.464 e. The molecule has 0 radical (unpaired) electrons. The molecule has 4 rings (SSSR count). The van der Waals surface area contributed by atoms with E-state index in [4.69, 9.17) is 9.15 Å². The van der Waals surface area contributed by atoms with Gasteiger partial charge in [-0.15, -0.1) is 0 Å². The minimum absolute atomic E-state index is 0.0371. The fourth-order valence-electron chi connectivity index (χ4n) is 4.17. The highest BCUT2D eigenvalue weighted by molar-refractivity contribution is 5.90. The van der Waals surface area contributed by atoms with Crippen molar-refractivity contribution in [2.45, 2.75) is 26.4 Å². The summed E-state index contributed by atoms with van der Waals surface area (Å²) in [5.41, 5.74) is 3.40. The van der Waals surface area contributed by atoms with Crippen molar-refractivity contribution in [1.82, 2.24) is 9.47 Å². The van der Waals surface area contributed by atoms with E-state index in [0.717, 1.165) is 6.54 Å². The van der Waals surface area contributed by atoms with Gasteiger partial charge in [0.05, 0.1) is 19.1 Å². The van der Waals surface area contributed by atoms with E-state index in [1.54, 1.807) is 35.1 Å². The predicted molar refractivity (Wildman–Crippen MR) is 118 cm³/mol. The Balaban J connectivity index is 1.51. The molecular formula is C24H27N3O4. The number of aryl methyl sites for hydroxylation is 1. The van der Waals surface area contributed by atoms with Crippen molar-refractivity contribution in [1.29, 1.82) is 0 Å². The fraction of sp³-hybridized carbons (Fsp3) is 0.333. The number of rotatable bonds is 5. The van der Waals surface area contributed by atoms with E-state index in [9.17, 15) is 9.59 Å². The lowest BCUT2D eigenvalue weighted by atomic mass is 10.1. The molecule has 31 heavy (non-hydrogen) atoms. The van der Waals surface area contributed by atoms with Crippen LogP contribution < -0.4 is 4.90 Å². The van der Waals surface area contributed by atoms with Crippen LogP contribution in [0, 0.1) is 6.92 Å². The van der Waals surface area contributed by atoms with Crippen molar-refractivity contribution in [3.63, 3.8) is 0 Å². The van der Waals surface area contributed by atoms with Gasteiger partial charge in [-0.25, -0.2) is 4.79 Å². The molecule has 7 heteroatoms. The van der Waals surface area contributed by atoms with E-state index in [1.807, 2.05) is 4.90 Å². The van der Waals surface area contributed by atoms with Gasteiger partial charge in [0, 0.05) is 31.4 Å². The zero-order chi connectivity index (χ0) is 22.0. The van der Waals surface area contributed by atoms with Crippen LogP contribution in [0.3, 0.4) is 0 Å². The minimum Gasteiger partial charge on any atom is -0.464 e. The summed E-state index contributed by atoms with van der Waals surface area (Å²) in [7, 11) is 1.33. The summed E-state index contributed by atoms with van der Waals surface area (Å²) in [6.45, 7) is 6.27. The summed E-state index contributed by atoms with van der Waals surface area (Å²) in [6.07, 6.45) is 1.57. The van der Waals surface area contributed by atoms with Crippen LogP contribution in [0.25, 0.3) is 11.5 Å². The minimum atomic E-state index is -0.483. The van der Waals surface area contributed by atoms with E-state index < -0.39 is 5.97 Å². The first kappa shape index (κ1) is 20.8. The highest BCUT2D eigenvalue weighted by atomic mass is 16.5. The molecule has 1 aliphatic heterocycles. The number of carbonyl (C=O) groups is 2. The van der Waals surface area contributed by atoms with Gasteiger partial charge in [-0.2, -0.15) is 0 Å². The fourth-order valence-corrected chi connectivity index (χ4v) is 4.17. The number of amides is 1. The van der Waals surface area contributed by atoms with E-state index in [2.05, 4.69) is 43.0 Å². The molecule has 0 saturated carbocycles. The van der Waals surface area contributed by atoms with Gasteiger partial charge in [-0.3, -0.25) is 4.79 Å². The number of methoxy groups -OCH3 is 1. The van der Waals surface area contributed by atoms with Gasteiger partial charge in [-0.05, 0) is 55.8 Å². The number of benzene rings is 1. The maximum absolute atomic E-state index is 13.2. The van der Waals surface area contributed by atoms with Crippen molar-refractivity contribution in [3.8, 4) is 11.5 Å². The number of esters is 1. The number of nitrogens with zero attached hydrogens (tertiary/aromatic N) is 3. The molecule has 3 aromatic rings. The van der Waals surface area contributed by atoms with Crippen LogP contribution in [0.4, 0.5) is 5.69 Å². The molecule has 0 N–H and O–H groups in total. The van der Waals surface area contributed by atoms with Crippen molar-refractivity contribution in [2.75, 3.05) is 31.6 Å². The van der Waals surface area contributed by atoms with Crippen LogP contribution in [0.5, 0.6) is 0 Å². The molecule has 1 atom stereocenters. The Bertz CT molecular complexity index is 1070. The molecule has 1 aliphatic rings. The van der Waals surface area contributed by atoms with Gasteiger partial charge in [0.25, 0.3) is 0 Å². The molecule has 1 saturated heterocycles. The number of anilines is 1. The van der Waals surface area contributed by atoms with Crippen LogP contribution in [-0.4, -0.2) is 54.1 Å². The zero-order valence-corrected chi connectivity index (χ0v) is 18.1. The van der Waals surface area contributed by atoms with Crippen LogP contribution in [0.1, 0.15) is 23.0 Å². The van der Waals surface area contributed by atoms with Gasteiger partial charge in [-0.1, -0.05) is 12.1 Å². The molecule has 7 nitrogen and oxygen atoms in total. The monoisotopic (exact) mass is 421 g/mol. The van der Waals surface area contributed by atoms with Crippen LogP contribution in [0.15, 0.2) is 59.2 Å². The third kappa shape index (κ3) is 4.21. The average Bonchev–Trinajstić information content (AvgIpc) is 3.43. The summed E-state index contributed by atoms with van der Waals surface area (Å²) in [4.78, 5) is 29.6.